The maximum atomic E-state index is 10.6. The van der Waals surface area contributed by atoms with Crippen molar-refractivity contribution in [3.8, 4) is 0 Å². The summed E-state index contributed by atoms with van der Waals surface area (Å²) in [6.07, 6.45) is 7.65. The van der Waals surface area contributed by atoms with Gasteiger partial charge in [0.2, 0.25) is 0 Å². The monoisotopic (exact) mass is 245 g/mol. The predicted molar refractivity (Wildman–Crippen MR) is 73.3 cm³/mol. The van der Waals surface area contributed by atoms with Gasteiger partial charge in [-0.15, -0.1) is 0 Å². The molecule has 3 nitrogen and oxygen atoms in total. The number of benzene rings is 1. The van der Waals surface area contributed by atoms with E-state index >= 15 is 0 Å². The van der Waals surface area contributed by atoms with Crippen LogP contribution < -0.4 is 0 Å². The minimum absolute atomic E-state index is 0.143. The van der Waals surface area contributed by atoms with Gasteiger partial charge in [-0.25, -0.2) is 0 Å². The Morgan fingerprint density at radius 3 is 2.39 bits per heavy atom. The fraction of sp³-hybridized carbons (Fsp3) is 0.467. The Morgan fingerprint density at radius 1 is 1.22 bits per heavy atom. The number of hydrogen-bond acceptors (Lipinski definition) is 2. The lowest BCUT2D eigenvalue weighted by Gasteiger charge is -2.22. The van der Waals surface area contributed by atoms with Crippen molar-refractivity contribution in [2.45, 2.75) is 38.5 Å². The van der Waals surface area contributed by atoms with Crippen LogP contribution in [0.5, 0.6) is 0 Å². The Balaban J connectivity index is 1.97. The molecule has 1 fully saturated rings. The lowest BCUT2D eigenvalue weighted by Crippen LogP contribution is -2.06. The van der Waals surface area contributed by atoms with E-state index in [-0.39, 0.29) is 10.6 Å². The largest absolute Gasteiger partial charge is 0.269 e. The van der Waals surface area contributed by atoms with E-state index in [4.69, 9.17) is 0 Å². The van der Waals surface area contributed by atoms with Crippen LogP contribution in [0, 0.1) is 16.0 Å². The summed E-state index contributed by atoms with van der Waals surface area (Å²) in [4.78, 5) is 10.2. The van der Waals surface area contributed by atoms with E-state index in [0.29, 0.717) is 0 Å². The second-order valence-electron chi connectivity index (χ2n) is 5.12. The number of nitro groups is 1. The molecule has 0 spiro atoms. The maximum Gasteiger partial charge on any atom is 0.269 e. The predicted octanol–water partition coefficient (Wildman–Crippen LogP) is 4.58. The molecule has 0 unspecified atom stereocenters. The summed E-state index contributed by atoms with van der Waals surface area (Å²) in [7, 11) is 0. The molecule has 0 bridgehead atoms. The van der Waals surface area contributed by atoms with Gasteiger partial charge in [-0.3, -0.25) is 10.1 Å². The summed E-state index contributed by atoms with van der Waals surface area (Å²) in [5.41, 5.74) is 2.28. The Morgan fingerprint density at radius 2 is 1.83 bits per heavy atom. The molecule has 1 aliphatic carbocycles. The third kappa shape index (κ3) is 3.19. The van der Waals surface area contributed by atoms with Crippen molar-refractivity contribution >= 4 is 11.3 Å². The number of allylic oxidation sites excluding steroid dienone is 1. The van der Waals surface area contributed by atoms with Crippen molar-refractivity contribution in [2.24, 2.45) is 5.92 Å². The van der Waals surface area contributed by atoms with Gasteiger partial charge >= 0.3 is 0 Å². The second kappa shape index (κ2) is 5.80. The normalized spacial score (nSPS) is 16.4. The van der Waals surface area contributed by atoms with Gasteiger partial charge in [0.05, 0.1) is 4.92 Å². The lowest BCUT2D eigenvalue weighted by molar-refractivity contribution is -0.384. The summed E-state index contributed by atoms with van der Waals surface area (Å²) in [5.74, 6) is 0.751. The highest BCUT2D eigenvalue weighted by Crippen LogP contribution is 2.32. The SMILES string of the molecule is C=C(CC1CCCCC1)c1ccc([N+](=O)[O-])cc1. The Hall–Kier alpha value is -1.64. The molecular weight excluding hydrogens is 226 g/mol. The van der Waals surface area contributed by atoms with Crippen LogP contribution in [0.25, 0.3) is 5.57 Å². The molecular formula is C15H19NO2. The van der Waals surface area contributed by atoms with Crippen LogP contribution in [0.3, 0.4) is 0 Å². The van der Waals surface area contributed by atoms with Gasteiger partial charge < -0.3 is 0 Å². The van der Waals surface area contributed by atoms with Crippen molar-refractivity contribution < 1.29 is 4.92 Å². The molecule has 18 heavy (non-hydrogen) atoms. The van der Waals surface area contributed by atoms with Gasteiger partial charge in [0.25, 0.3) is 5.69 Å². The van der Waals surface area contributed by atoms with Crippen LogP contribution in [0.4, 0.5) is 5.69 Å². The van der Waals surface area contributed by atoms with Gasteiger partial charge in [-0.1, -0.05) is 38.7 Å². The third-order valence-corrected chi connectivity index (χ3v) is 3.75. The van der Waals surface area contributed by atoms with Gasteiger partial charge in [-0.05, 0) is 35.6 Å². The Bertz CT molecular complexity index is 430. The van der Waals surface area contributed by atoms with E-state index in [0.717, 1.165) is 23.5 Å². The summed E-state index contributed by atoms with van der Waals surface area (Å²) in [6.45, 7) is 4.12. The van der Waals surface area contributed by atoms with E-state index in [1.165, 1.54) is 32.1 Å². The van der Waals surface area contributed by atoms with Crippen LogP contribution >= 0.6 is 0 Å². The first-order chi connectivity index (χ1) is 8.66. The zero-order valence-corrected chi connectivity index (χ0v) is 10.6. The quantitative estimate of drug-likeness (QED) is 0.575. The number of hydrogen-bond donors (Lipinski definition) is 0. The molecule has 96 valence electrons. The first kappa shape index (κ1) is 12.8. The van der Waals surface area contributed by atoms with E-state index in [9.17, 15) is 10.1 Å². The molecule has 1 aliphatic rings. The van der Waals surface area contributed by atoms with Crippen LogP contribution in [0.1, 0.15) is 44.1 Å². The number of nitrogens with zero attached hydrogens (tertiary/aromatic N) is 1. The first-order valence-electron chi connectivity index (χ1n) is 6.59. The van der Waals surface area contributed by atoms with Crippen molar-refractivity contribution in [3.05, 3.63) is 46.5 Å². The van der Waals surface area contributed by atoms with Gasteiger partial charge in [0, 0.05) is 12.1 Å². The van der Waals surface area contributed by atoms with Crippen LogP contribution in [-0.4, -0.2) is 4.92 Å². The molecule has 0 heterocycles. The second-order valence-corrected chi connectivity index (χ2v) is 5.12. The fourth-order valence-corrected chi connectivity index (χ4v) is 2.68. The van der Waals surface area contributed by atoms with Crippen LogP contribution in [-0.2, 0) is 0 Å². The average molecular weight is 245 g/mol. The Kier molecular flexibility index (Phi) is 4.13. The highest BCUT2D eigenvalue weighted by atomic mass is 16.6. The first-order valence-corrected chi connectivity index (χ1v) is 6.59. The molecule has 0 aromatic heterocycles. The molecule has 2 rings (SSSR count). The highest BCUT2D eigenvalue weighted by molar-refractivity contribution is 5.64. The third-order valence-electron chi connectivity index (χ3n) is 3.75. The summed E-state index contributed by atoms with van der Waals surface area (Å²) in [5, 5.41) is 10.6. The standard InChI is InChI=1S/C15H19NO2/c1-12(11-13-5-3-2-4-6-13)14-7-9-15(10-8-14)16(17)18/h7-10,13H,1-6,11H2. The van der Waals surface area contributed by atoms with E-state index in [1.807, 2.05) is 12.1 Å². The molecule has 0 aliphatic heterocycles. The summed E-state index contributed by atoms with van der Waals surface area (Å²) in [6, 6.07) is 6.73. The lowest BCUT2D eigenvalue weighted by atomic mass is 9.83. The smallest absolute Gasteiger partial charge is 0.258 e. The molecule has 0 atom stereocenters. The number of nitro benzene ring substituents is 1. The van der Waals surface area contributed by atoms with Gasteiger partial charge in [0.1, 0.15) is 0 Å². The molecule has 0 amide bonds. The van der Waals surface area contributed by atoms with Gasteiger partial charge in [-0.2, -0.15) is 0 Å². The molecule has 0 saturated heterocycles. The van der Waals surface area contributed by atoms with Crippen molar-refractivity contribution in [3.63, 3.8) is 0 Å². The van der Waals surface area contributed by atoms with E-state index in [1.54, 1.807) is 12.1 Å². The minimum atomic E-state index is -0.367. The Labute approximate surface area is 108 Å². The number of non-ortho nitro benzene ring substituents is 1. The summed E-state index contributed by atoms with van der Waals surface area (Å²) >= 11 is 0. The van der Waals surface area contributed by atoms with Crippen LogP contribution in [0.2, 0.25) is 0 Å². The molecule has 0 N–H and O–H groups in total. The van der Waals surface area contributed by atoms with Crippen molar-refractivity contribution in [1.82, 2.24) is 0 Å². The average Bonchev–Trinajstić information content (AvgIpc) is 2.40. The van der Waals surface area contributed by atoms with Crippen molar-refractivity contribution in [2.75, 3.05) is 0 Å². The van der Waals surface area contributed by atoms with E-state index < -0.39 is 0 Å². The maximum absolute atomic E-state index is 10.6. The minimum Gasteiger partial charge on any atom is -0.258 e. The zero-order valence-electron chi connectivity index (χ0n) is 10.6. The fourth-order valence-electron chi connectivity index (χ4n) is 2.68. The highest BCUT2D eigenvalue weighted by Gasteiger charge is 2.15. The number of rotatable bonds is 4. The van der Waals surface area contributed by atoms with Crippen LogP contribution in [0.15, 0.2) is 30.8 Å². The van der Waals surface area contributed by atoms with Gasteiger partial charge in [0.15, 0.2) is 0 Å². The van der Waals surface area contributed by atoms with E-state index in [2.05, 4.69) is 6.58 Å². The van der Waals surface area contributed by atoms with Crippen molar-refractivity contribution in [1.29, 1.82) is 0 Å². The zero-order chi connectivity index (χ0) is 13.0. The molecule has 0 radical (unpaired) electrons. The molecule has 1 saturated carbocycles. The molecule has 1 aromatic rings. The topological polar surface area (TPSA) is 43.1 Å². The summed E-state index contributed by atoms with van der Waals surface area (Å²) < 4.78 is 0. The molecule has 3 heteroatoms. The molecule has 1 aromatic carbocycles.